The highest BCUT2D eigenvalue weighted by molar-refractivity contribution is 7.92. The summed E-state index contributed by atoms with van der Waals surface area (Å²) in [6.45, 7) is 6.33. The van der Waals surface area contributed by atoms with Crippen LogP contribution in [0.2, 0.25) is 10.0 Å². The van der Waals surface area contributed by atoms with E-state index in [1.54, 1.807) is 61.5 Å². The van der Waals surface area contributed by atoms with Crippen LogP contribution < -0.4 is 14.4 Å². The van der Waals surface area contributed by atoms with Crippen LogP contribution in [0, 0.1) is 0 Å². The molecule has 1 N–H and O–H groups in total. The summed E-state index contributed by atoms with van der Waals surface area (Å²) in [5, 5.41) is 3.51. The average Bonchev–Trinajstić information content (AvgIpc) is 2.90. The second-order valence-electron chi connectivity index (χ2n) is 10.2. The van der Waals surface area contributed by atoms with Crippen molar-refractivity contribution in [3.63, 3.8) is 0 Å². The number of nitrogens with one attached hydrogen (secondary N) is 1. The maximum Gasteiger partial charge on any atom is 0.264 e. The van der Waals surface area contributed by atoms with Gasteiger partial charge in [0.2, 0.25) is 11.8 Å². The summed E-state index contributed by atoms with van der Waals surface area (Å²) in [5.41, 5.74) is 0.0956. The maximum absolute atomic E-state index is 14.0. The Labute approximate surface area is 245 Å². The first-order chi connectivity index (χ1) is 18.7. The monoisotopic (exact) mass is 605 g/mol. The zero-order valence-electron chi connectivity index (χ0n) is 23.0. The molecule has 0 saturated carbocycles. The molecule has 1 atom stereocenters. The number of hydrogen-bond acceptors (Lipinski definition) is 5. The molecule has 0 radical (unpaired) electrons. The van der Waals surface area contributed by atoms with Gasteiger partial charge in [0.05, 0.1) is 17.7 Å². The molecule has 2 amide bonds. The fourth-order valence-corrected chi connectivity index (χ4v) is 5.87. The minimum Gasteiger partial charge on any atom is -0.497 e. The summed E-state index contributed by atoms with van der Waals surface area (Å²) in [7, 11) is -2.73. The van der Waals surface area contributed by atoms with E-state index in [1.807, 2.05) is 20.8 Å². The van der Waals surface area contributed by atoms with Crippen LogP contribution in [0.15, 0.2) is 77.7 Å². The summed E-state index contributed by atoms with van der Waals surface area (Å²) in [5.74, 6) is -0.631. The van der Waals surface area contributed by atoms with Gasteiger partial charge in [-0.05, 0) is 64.1 Å². The number of rotatable bonds is 10. The van der Waals surface area contributed by atoms with Crippen molar-refractivity contribution < 1.29 is 22.7 Å². The van der Waals surface area contributed by atoms with Crippen LogP contribution in [0.3, 0.4) is 0 Å². The van der Waals surface area contributed by atoms with E-state index < -0.39 is 40.0 Å². The normalized spacial score (nSPS) is 12.4. The Morgan fingerprint density at radius 1 is 0.950 bits per heavy atom. The van der Waals surface area contributed by atoms with Crippen molar-refractivity contribution in [2.75, 3.05) is 18.0 Å². The van der Waals surface area contributed by atoms with Gasteiger partial charge in [-0.25, -0.2) is 8.42 Å². The Balaban J connectivity index is 2.09. The molecule has 0 saturated heterocycles. The highest BCUT2D eigenvalue weighted by atomic mass is 35.5. The Kier molecular flexibility index (Phi) is 10.1. The van der Waals surface area contributed by atoms with Crippen LogP contribution in [0.25, 0.3) is 0 Å². The molecule has 0 spiro atoms. The molecular weight excluding hydrogens is 573 g/mol. The topological polar surface area (TPSA) is 96.0 Å². The Hall–Kier alpha value is -3.27. The first-order valence-electron chi connectivity index (χ1n) is 12.5. The molecule has 214 valence electrons. The van der Waals surface area contributed by atoms with Gasteiger partial charge in [0, 0.05) is 33.8 Å². The van der Waals surface area contributed by atoms with Gasteiger partial charge in [-0.15, -0.1) is 0 Å². The van der Waals surface area contributed by atoms with Gasteiger partial charge in [0.15, 0.2) is 0 Å². The van der Waals surface area contributed by atoms with Gasteiger partial charge in [-0.1, -0.05) is 53.5 Å². The van der Waals surface area contributed by atoms with E-state index in [9.17, 15) is 18.0 Å². The lowest BCUT2D eigenvalue weighted by molar-refractivity contribution is -0.140. The second kappa shape index (κ2) is 12.9. The van der Waals surface area contributed by atoms with Crippen molar-refractivity contribution in [2.45, 2.75) is 50.7 Å². The molecular formula is C29H33Cl2N3O5S. The van der Waals surface area contributed by atoms with Crippen molar-refractivity contribution in [3.8, 4) is 5.75 Å². The van der Waals surface area contributed by atoms with Crippen molar-refractivity contribution in [1.29, 1.82) is 0 Å². The van der Waals surface area contributed by atoms with E-state index in [-0.39, 0.29) is 17.1 Å². The molecule has 3 aromatic rings. The molecule has 8 nitrogen and oxygen atoms in total. The molecule has 40 heavy (non-hydrogen) atoms. The number of carbonyl (C=O) groups excluding carboxylic acids is 2. The first-order valence-corrected chi connectivity index (χ1v) is 14.7. The summed E-state index contributed by atoms with van der Waals surface area (Å²) in [4.78, 5) is 28.5. The van der Waals surface area contributed by atoms with E-state index in [1.165, 1.54) is 30.2 Å². The van der Waals surface area contributed by atoms with Gasteiger partial charge < -0.3 is 15.0 Å². The zero-order chi connectivity index (χ0) is 29.7. The van der Waals surface area contributed by atoms with Gasteiger partial charge in [-0.3, -0.25) is 13.9 Å². The minimum atomic E-state index is -4.19. The predicted molar refractivity (Wildman–Crippen MR) is 158 cm³/mol. The number of amides is 2. The molecule has 0 aliphatic rings. The first kappa shape index (κ1) is 31.3. The Morgan fingerprint density at radius 2 is 1.55 bits per heavy atom. The molecule has 0 aliphatic heterocycles. The predicted octanol–water partition coefficient (Wildman–Crippen LogP) is 5.53. The SMILES string of the molecule is COc1cccc(N(CC(=O)N(Cc2c(Cl)cccc2Cl)C(C)C(=O)NC(C)(C)C)S(=O)(=O)c2ccccc2)c1. The van der Waals surface area contributed by atoms with Crippen molar-refractivity contribution >= 4 is 50.7 Å². The summed E-state index contributed by atoms with van der Waals surface area (Å²) in [6, 6.07) is 18.2. The maximum atomic E-state index is 14.0. The number of carbonyl (C=O) groups is 2. The number of nitrogens with zero attached hydrogens (tertiary/aromatic N) is 2. The number of methoxy groups -OCH3 is 1. The Morgan fingerprint density at radius 3 is 2.12 bits per heavy atom. The number of halogens is 2. The fourth-order valence-electron chi connectivity index (χ4n) is 3.92. The van der Waals surface area contributed by atoms with E-state index in [0.29, 0.717) is 21.4 Å². The molecule has 1 unspecified atom stereocenters. The van der Waals surface area contributed by atoms with Crippen molar-refractivity contribution in [3.05, 3.63) is 88.4 Å². The summed E-state index contributed by atoms with van der Waals surface area (Å²) >= 11 is 12.8. The molecule has 0 aromatic heterocycles. The number of anilines is 1. The van der Waals surface area contributed by atoms with E-state index >= 15 is 0 Å². The van der Waals surface area contributed by atoms with E-state index in [2.05, 4.69) is 5.32 Å². The number of sulfonamides is 1. The molecule has 0 fully saturated rings. The highest BCUT2D eigenvalue weighted by Crippen LogP contribution is 2.29. The number of benzene rings is 3. The van der Waals surface area contributed by atoms with E-state index in [0.717, 1.165) is 4.31 Å². The van der Waals surface area contributed by atoms with Crippen LogP contribution >= 0.6 is 23.2 Å². The molecule has 3 rings (SSSR count). The standard InChI is InChI=1S/C29H33Cl2N3O5S/c1-20(28(36)32-29(2,3)4)33(18-24-25(30)15-10-16-26(24)31)27(35)19-34(21-11-9-12-22(17-21)39-5)40(37,38)23-13-7-6-8-14-23/h6-17,20H,18-19H2,1-5H3,(H,32,36). The van der Waals surface area contributed by atoms with E-state index in [4.69, 9.17) is 27.9 Å². The molecule has 0 aliphatic carbocycles. The fraction of sp³-hybridized carbons (Fsp3) is 0.310. The molecule has 0 bridgehead atoms. The lowest BCUT2D eigenvalue weighted by atomic mass is 10.1. The molecule has 3 aromatic carbocycles. The zero-order valence-corrected chi connectivity index (χ0v) is 25.3. The van der Waals surface area contributed by atoms with Crippen LogP contribution in [-0.2, 0) is 26.2 Å². The largest absolute Gasteiger partial charge is 0.497 e. The van der Waals surface area contributed by atoms with Gasteiger partial charge in [-0.2, -0.15) is 0 Å². The van der Waals surface area contributed by atoms with Gasteiger partial charge >= 0.3 is 0 Å². The Bertz CT molecular complexity index is 1440. The number of ether oxygens (including phenoxy) is 1. The average molecular weight is 607 g/mol. The number of hydrogen-bond donors (Lipinski definition) is 1. The summed E-state index contributed by atoms with van der Waals surface area (Å²) < 4.78 is 34.0. The summed E-state index contributed by atoms with van der Waals surface area (Å²) in [6.07, 6.45) is 0. The smallest absolute Gasteiger partial charge is 0.264 e. The van der Waals surface area contributed by atoms with Crippen LogP contribution in [0.4, 0.5) is 5.69 Å². The van der Waals surface area contributed by atoms with Crippen LogP contribution in [-0.4, -0.2) is 50.4 Å². The second-order valence-corrected chi connectivity index (χ2v) is 12.8. The minimum absolute atomic E-state index is 0.00448. The lowest BCUT2D eigenvalue weighted by Gasteiger charge is -2.34. The molecule has 0 heterocycles. The van der Waals surface area contributed by atoms with Gasteiger partial charge in [0.25, 0.3) is 10.0 Å². The van der Waals surface area contributed by atoms with Crippen LogP contribution in [0.5, 0.6) is 5.75 Å². The quantitative estimate of drug-likeness (QED) is 0.328. The molecule has 11 heteroatoms. The third-order valence-corrected chi connectivity index (χ3v) is 8.50. The highest BCUT2D eigenvalue weighted by Gasteiger charge is 2.34. The van der Waals surface area contributed by atoms with Gasteiger partial charge in [0.1, 0.15) is 18.3 Å². The van der Waals surface area contributed by atoms with Crippen molar-refractivity contribution in [2.24, 2.45) is 0 Å². The third-order valence-electron chi connectivity index (χ3n) is 6.01. The third kappa shape index (κ3) is 7.68. The van der Waals surface area contributed by atoms with Crippen LogP contribution in [0.1, 0.15) is 33.3 Å². The van der Waals surface area contributed by atoms with Crippen molar-refractivity contribution in [1.82, 2.24) is 10.2 Å². The lowest BCUT2D eigenvalue weighted by Crippen LogP contribution is -2.54.